The molecule has 0 atom stereocenters. The van der Waals surface area contributed by atoms with Gasteiger partial charge in [0.05, 0.1) is 21.3 Å². The average Bonchev–Trinajstić information content (AvgIpc) is 2.94. The van der Waals surface area contributed by atoms with Crippen molar-refractivity contribution >= 4 is 0 Å². The van der Waals surface area contributed by atoms with E-state index >= 15 is 0 Å². The molecule has 45 heavy (non-hydrogen) atoms. The molecule has 3 aromatic carbocycles. The quantitative estimate of drug-likeness (QED) is 0.295. The van der Waals surface area contributed by atoms with Crippen molar-refractivity contribution in [3.05, 3.63) is 86.5 Å². The van der Waals surface area contributed by atoms with Crippen LogP contribution in [0.2, 0.25) is 0 Å². The molecule has 3 heteroatoms. The Morgan fingerprint density at radius 3 is 0.667 bits per heavy atom. The second kappa shape index (κ2) is 13.8. The molecule has 246 valence electrons. The van der Waals surface area contributed by atoms with Gasteiger partial charge in [-0.15, -0.1) is 0 Å². The highest BCUT2D eigenvalue weighted by atomic mass is 16.5. The molecule has 0 aromatic heterocycles. The first-order valence-corrected chi connectivity index (χ1v) is 17.2. The van der Waals surface area contributed by atoms with E-state index in [-0.39, 0.29) is 16.2 Å². The Bertz CT molecular complexity index is 1220. The van der Waals surface area contributed by atoms with Crippen molar-refractivity contribution in [3.8, 4) is 17.2 Å². The van der Waals surface area contributed by atoms with Gasteiger partial charge in [0.2, 0.25) is 0 Å². The fraction of sp³-hybridized carbons (Fsp3) is 0.571. The molecule has 3 nitrogen and oxygen atoms in total. The lowest BCUT2D eigenvalue weighted by Crippen LogP contribution is -2.15. The lowest BCUT2D eigenvalue weighted by molar-refractivity contribution is 0.397. The molecule has 3 aromatic rings. The normalized spacial score (nSPS) is 15.2. The summed E-state index contributed by atoms with van der Waals surface area (Å²) in [5, 5.41) is 0. The van der Waals surface area contributed by atoms with E-state index in [0.29, 0.717) is 0 Å². The summed E-state index contributed by atoms with van der Waals surface area (Å²) in [6.07, 6.45) is 8.99. The maximum Gasteiger partial charge on any atom is 0.125 e. The predicted octanol–water partition coefficient (Wildman–Crippen LogP) is 10.4. The smallest absolute Gasteiger partial charge is 0.125 e. The van der Waals surface area contributed by atoms with Crippen molar-refractivity contribution < 1.29 is 14.2 Å². The van der Waals surface area contributed by atoms with E-state index < -0.39 is 0 Å². The number of hydrogen-bond donors (Lipinski definition) is 0. The van der Waals surface area contributed by atoms with Crippen LogP contribution < -0.4 is 14.2 Å². The Kier molecular flexibility index (Phi) is 10.7. The molecule has 0 N–H and O–H groups in total. The van der Waals surface area contributed by atoms with Gasteiger partial charge in [-0.1, -0.05) is 98.7 Å². The summed E-state index contributed by atoms with van der Waals surface area (Å²) >= 11 is 0. The summed E-state index contributed by atoms with van der Waals surface area (Å²) in [6, 6.07) is 14.4. The number of fused-ring (bicyclic) bond motifs is 6. The van der Waals surface area contributed by atoms with E-state index in [4.69, 9.17) is 14.2 Å². The first kappa shape index (κ1) is 34.9. The molecule has 0 amide bonds. The minimum Gasteiger partial charge on any atom is -0.496 e. The monoisotopic (exact) mass is 612 g/mol. The molecule has 4 rings (SSSR count). The zero-order chi connectivity index (χ0) is 33.2. The van der Waals surface area contributed by atoms with Gasteiger partial charge in [0.25, 0.3) is 0 Å². The van der Waals surface area contributed by atoms with Crippen LogP contribution in [-0.4, -0.2) is 21.3 Å². The lowest BCUT2D eigenvalue weighted by Gasteiger charge is -2.26. The molecule has 0 radical (unpaired) electrons. The third kappa shape index (κ3) is 8.27. The second-order valence-corrected chi connectivity index (χ2v) is 16.3. The molecular weight excluding hydrogens is 552 g/mol. The third-order valence-corrected chi connectivity index (χ3v) is 9.62. The van der Waals surface area contributed by atoms with Crippen molar-refractivity contribution in [2.45, 2.75) is 136 Å². The highest BCUT2D eigenvalue weighted by Gasteiger charge is 2.24. The fourth-order valence-corrected chi connectivity index (χ4v) is 6.87. The summed E-state index contributed by atoms with van der Waals surface area (Å²) in [5.74, 6) is 3.20. The molecule has 1 aliphatic rings. The molecule has 0 saturated carbocycles. The standard InChI is InChI=1S/C42H60O3/c1-40(2,3)34-22-28-16-13-18-30-24-35(41(4,5)6)26-32(38(30)44-11)20-15-21-33-27-36(42(7,8)9)25-31(39(33)45-12)19-14-17-29(23-34)37(28)43-10/h22-27H,13-21H2,1-12H3. The van der Waals surface area contributed by atoms with Gasteiger partial charge in [-0.2, -0.15) is 0 Å². The van der Waals surface area contributed by atoms with Gasteiger partial charge < -0.3 is 14.2 Å². The largest absolute Gasteiger partial charge is 0.496 e. The maximum atomic E-state index is 6.18. The topological polar surface area (TPSA) is 27.7 Å². The number of methoxy groups -OCH3 is 3. The van der Waals surface area contributed by atoms with Gasteiger partial charge >= 0.3 is 0 Å². The van der Waals surface area contributed by atoms with Crippen LogP contribution in [-0.2, 0) is 54.8 Å². The van der Waals surface area contributed by atoms with Crippen molar-refractivity contribution in [1.82, 2.24) is 0 Å². The summed E-state index contributed by atoms with van der Waals surface area (Å²) < 4.78 is 18.5. The zero-order valence-electron chi connectivity index (χ0n) is 30.6. The molecule has 0 heterocycles. The first-order valence-electron chi connectivity index (χ1n) is 17.2. The van der Waals surface area contributed by atoms with Gasteiger partial charge in [-0.25, -0.2) is 0 Å². The van der Waals surface area contributed by atoms with Gasteiger partial charge in [0, 0.05) is 0 Å². The Hall–Kier alpha value is -2.94. The average molecular weight is 613 g/mol. The Balaban J connectivity index is 1.90. The van der Waals surface area contributed by atoms with Crippen molar-refractivity contribution in [2.75, 3.05) is 21.3 Å². The number of benzene rings is 3. The van der Waals surface area contributed by atoms with Crippen LogP contribution in [0.25, 0.3) is 0 Å². The van der Waals surface area contributed by atoms with E-state index in [1.165, 1.54) is 50.1 Å². The van der Waals surface area contributed by atoms with Gasteiger partial charge in [0.15, 0.2) is 0 Å². The molecule has 0 saturated heterocycles. The number of ether oxygens (including phenoxy) is 3. The van der Waals surface area contributed by atoms with Crippen LogP contribution in [0.4, 0.5) is 0 Å². The SMILES string of the molecule is COc1c2cc(C(C)(C)C)cc1CCCc1cc(C(C)(C)C)cc(c1OC)CCCc1cc(C(C)(C)C)cc(c1OC)CCC2. The van der Waals surface area contributed by atoms with E-state index in [0.717, 1.165) is 75.0 Å². The van der Waals surface area contributed by atoms with Crippen molar-refractivity contribution in [3.63, 3.8) is 0 Å². The highest BCUT2D eigenvalue weighted by Crippen LogP contribution is 2.38. The van der Waals surface area contributed by atoms with Crippen LogP contribution in [0.1, 0.15) is 132 Å². The molecular formula is C42H60O3. The Morgan fingerprint density at radius 1 is 0.356 bits per heavy atom. The van der Waals surface area contributed by atoms with Crippen molar-refractivity contribution in [1.29, 1.82) is 0 Å². The number of aryl methyl sites for hydroxylation is 6. The highest BCUT2D eigenvalue weighted by molar-refractivity contribution is 5.50. The summed E-state index contributed by atoms with van der Waals surface area (Å²) in [5.41, 5.74) is 12.3. The molecule has 1 aliphatic carbocycles. The van der Waals surface area contributed by atoms with E-state index in [1.54, 1.807) is 0 Å². The lowest BCUT2D eigenvalue weighted by atomic mass is 9.81. The summed E-state index contributed by atoms with van der Waals surface area (Å²) in [6.45, 7) is 20.8. The van der Waals surface area contributed by atoms with Gasteiger partial charge in [0.1, 0.15) is 17.2 Å². The Morgan fingerprint density at radius 2 is 0.533 bits per heavy atom. The number of rotatable bonds is 3. The molecule has 0 unspecified atom stereocenters. The third-order valence-electron chi connectivity index (χ3n) is 9.62. The summed E-state index contributed by atoms with van der Waals surface area (Å²) in [4.78, 5) is 0. The van der Waals surface area contributed by atoms with Gasteiger partial charge in [-0.3, -0.25) is 0 Å². The minimum atomic E-state index is 0.0606. The maximum absolute atomic E-state index is 6.18. The van der Waals surface area contributed by atoms with Crippen LogP contribution in [0.15, 0.2) is 36.4 Å². The van der Waals surface area contributed by atoms with Crippen LogP contribution >= 0.6 is 0 Å². The van der Waals surface area contributed by atoms with Crippen LogP contribution in [0, 0.1) is 0 Å². The van der Waals surface area contributed by atoms with Gasteiger partial charge in [-0.05, 0) is 124 Å². The van der Waals surface area contributed by atoms with E-state index in [1.807, 2.05) is 21.3 Å². The summed E-state index contributed by atoms with van der Waals surface area (Å²) in [7, 11) is 5.53. The zero-order valence-corrected chi connectivity index (χ0v) is 30.6. The second-order valence-electron chi connectivity index (χ2n) is 16.3. The minimum absolute atomic E-state index is 0.0606. The van der Waals surface area contributed by atoms with Crippen molar-refractivity contribution in [2.24, 2.45) is 0 Å². The molecule has 0 fully saturated rings. The molecule has 6 bridgehead atoms. The van der Waals surface area contributed by atoms with E-state index in [9.17, 15) is 0 Å². The predicted molar refractivity (Wildman–Crippen MR) is 191 cm³/mol. The first-order chi connectivity index (χ1) is 21.1. The van der Waals surface area contributed by atoms with Crippen LogP contribution in [0.3, 0.4) is 0 Å². The van der Waals surface area contributed by atoms with E-state index in [2.05, 4.69) is 98.7 Å². The fourth-order valence-electron chi connectivity index (χ4n) is 6.87. The Labute approximate surface area is 275 Å². The number of hydrogen-bond acceptors (Lipinski definition) is 3. The van der Waals surface area contributed by atoms with Crippen LogP contribution in [0.5, 0.6) is 17.2 Å². The molecule has 0 aliphatic heterocycles. The molecule has 0 spiro atoms.